The van der Waals surface area contributed by atoms with E-state index in [1.165, 1.54) is 49.1 Å². The standard InChI is InChI=1S/C70H45N9O8/c80-63-26-30-71-67(84)76(63)55-16-6-42(7-17-55)48-34-49(43-8-18-56(19-9-43)77-64(81)27-31-72-68(77)85)37-52(36-48)46-14-24-61-59(40-46)60-41-47(15-25-62(60)75(61)54-4-2-1-3-5-54)53-38-50(44-10-20-57(21-11-44)78-65(82)28-32-73-69(78)86)35-51(39-53)45-12-22-58(23-13-45)79-66(83)29-33-74-70(79)87/h1-41H,(H,71,84)(H,72,85)(H,73,86)(H,74,87). The van der Waals surface area contributed by atoms with Gasteiger partial charge in [0.2, 0.25) is 0 Å². The summed E-state index contributed by atoms with van der Waals surface area (Å²) in [6.45, 7) is 0. The Balaban J connectivity index is 0.931. The molecule has 0 unspecified atom stereocenters. The second-order valence-electron chi connectivity index (χ2n) is 20.7. The van der Waals surface area contributed by atoms with E-state index in [4.69, 9.17) is 0 Å². The van der Waals surface area contributed by atoms with Gasteiger partial charge in [0, 0.05) is 65.5 Å². The number of hydrogen-bond acceptors (Lipinski definition) is 8. The number of aromatic amines is 4. The number of aromatic nitrogens is 9. The van der Waals surface area contributed by atoms with Gasteiger partial charge in [-0.25, -0.2) is 37.4 Å². The van der Waals surface area contributed by atoms with Crippen molar-refractivity contribution >= 4 is 21.8 Å². The molecule has 17 heteroatoms. The van der Waals surface area contributed by atoms with Gasteiger partial charge in [0.1, 0.15) is 0 Å². The van der Waals surface area contributed by atoms with E-state index in [2.05, 4.69) is 97.3 Å². The molecule has 5 aromatic heterocycles. The average Bonchev–Trinajstić information content (AvgIpc) is 1.80. The van der Waals surface area contributed by atoms with Gasteiger partial charge in [0.15, 0.2) is 0 Å². The van der Waals surface area contributed by atoms with Gasteiger partial charge >= 0.3 is 22.8 Å². The Kier molecular flexibility index (Phi) is 12.9. The summed E-state index contributed by atoms with van der Waals surface area (Å²) in [6.07, 6.45) is 5.26. The number of hydrogen-bond donors (Lipinski definition) is 4. The maximum absolute atomic E-state index is 12.8. The van der Waals surface area contributed by atoms with E-state index >= 15 is 0 Å². The second-order valence-corrected chi connectivity index (χ2v) is 20.7. The lowest BCUT2D eigenvalue weighted by molar-refractivity contribution is 0.875. The largest absolute Gasteiger partial charge is 0.332 e. The van der Waals surface area contributed by atoms with E-state index in [-0.39, 0.29) is 0 Å². The first-order chi connectivity index (χ1) is 42.4. The van der Waals surface area contributed by atoms with Crippen molar-refractivity contribution in [3.63, 3.8) is 0 Å². The van der Waals surface area contributed by atoms with Crippen LogP contribution in [0, 0.1) is 0 Å². The van der Waals surface area contributed by atoms with Crippen molar-refractivity contribution < 1.29 is 0 Å². The minimum Gasteiger partial charge on any atom is -0.314 e. The molecule has 0 aliphatic carbocycles. The first kappa shape index (κ1) is 52.6. The Morgan fingerprint density at radius 3 is 0.713 bits per heavy atom. The molecule has 0 aliphatic heterocycles. The summed E-state index contributed by atoms with van der Waals surface area (Å²) in [5.41, 5.74) is 10.5. The molecule has 14 aromatic rings. The molecule has 17 nitrogen and oxygen atoms in total. The van der Waals surface area contributed by atoms with Crippen molar-refractivity contribution in [3.8, 4) is 95.2 Å². The maximum atomic E-state index is 12.8. The van der Waals surface area contributed by atoms with Crippen LogP contribution in [-0.4, -0.2) is 42.8 Å². The molecule has 9 aromatic carbocycles. The zero-order valence-corrected chi connectivity index (χ0v) is 45.7. The van der Waals surface area contributed by atoms with Gasteiger partial charge in [-0.3, -0.25) is 19.2 Å². The number of rotatable bonds is 11. The number of fused-ring (bicyclic) bond motifs is 3. The highest BCUT2D eigenvalue weighted by molar-refractivity contribution is 6.12. The van der Waals surface area contributed by atoms with Gasteiger partial charge < -0.3 is 24.5 Å². The summed E-state index contributed by atoms with van der Waals surface area (Å²) >= 11 is 0. The lowest BCUT2D eigenvalue weighted by Crippen LogP contribution is -2.32. The summed E-state index contributed by atoms with van der Waals surface area (Å²) < 4.78 is 6.52. The third kappa shape index (κ3) is 9.63. The predicted molar refractivity (Wildman–Crippen MR) is 338 cm³/mol. The Bertz CT molecular complexity index is 4880. The fourth-order valence-corrected chi connectivity index (χ4v) is 11.4. The van der Waals surface area contributed by atoms with Gasteiger partial charge in [-0.15, -0.1) is 0 Å². The quantitative estimate of drug-likeness (QED) is 0.0973. The molecule has 0 fully saturated rings. The second kappa shape index (κ2) is 21.4. The molecule has 87 heavy (non-hydrogen) atoms. The van der Waals surface area contributed by atoms with E-state index in [0.29, 0.717) is 22.7 Å². The van der Waals surface area contributed by atoms with Crippen LogP contribution in [0.2, 0.25) is 0 Å². The van der Waals surface area contributed by atoms with Crippen molar-refractivity contribution in [1.82, 2.24) is 42.8 Å². The van der Waals surface area contributed by atoms with E-state index in [1.54, 1.807) is 48.5 Å². The molecule has 0 saturated heterocycles. The predicted octanol–water partition coefficient (Wildman–Crippen LogP) is 10.1. The molecule has 4 N–H and O–H groups in total. The van der Waals surface area contributed by atoms with Crippen molar-refractivity contribution in [1.29, 1.82) is 0 Å². The van der Waals surface area contributed by atoms with Crippen LogP contribution in [0.1, 0.15) is 0 Å². The number of H-pyrrole nitrogens is 4. The maximum Gasteiger partial charge on any atom is 0.332 e. The highest BCUT2D eigenvalue weighted by Gasteiger charge is 2.19. The minimum absolute atomic E-state index is 0.400. The molecule has 0 saturated carbocycles. The van der Waals surface area contributed by atoms with Crippen LogP contribution in [0.4, 0.5) is 0 Å². The molecule has 418 valence electrons. The molecular formula is C70H45N9O8. The third-order valence-electron chi connectivity index (χ3n) is 15.6. The van der Waals surface area contributed by atoms with E-state index in [0.717, 1.165) is 113 Å². The number of para-hydroxylation sites is 1. The average molecular weight is 1140 g/mol. The number of benzene rings is 9. The first-order valence-electron chi connectivity index (χ1n) is 27.5. The van der Waals surface area contributed by atoms with Crippen LogP contribution in [0.15, 0.2) is 288 Å². The molecule has 0 atom stereocenters. The highest BCUT2D eigenvalue weighted by Crippen LogP contribution is 2.41. The Morgan fingerprint density at radius 2 is 0.448 bits per heavy atom. The topological polar surface area (TPSA) is 224 Å². The summed E-state index contributed by atoms with van der Waals surface area (Å²) in [7, 11) is 0. The minimum atomic E-state index is -0.560. The lowest BCUT2D eigenvalue weighted by Gasteiger charge is -2.13. The Hall–Kier alpha value is -12.5. The van der Waals surface area contributed by atoms with E-state index in [1.807, 2.05) is 78.9 Å². The van der Waals surface area contributed by atoms with Crippen molar-refractivity contribution in [3.05, 3.63) is 333 Å². The van der Waals surface area contributed by atoms with Gasteiger partial charge in [-0.05, 0) is 188 Å². The highest BCUT2D eigenvalue weighted by atomic mass is 16.2. The molecule has 0 amide bonds. The lowest BCUT2D eigenvalue weighted by atomic mass is 9.92. The SMILES string of the molecule is O=c1cc[nH]c(=O)n1-c1ccc(-c2cc(-c3ccc(-n4c(=O)cc[nH]c4=O)cc3)cc(-c3ccc4c(c3)c3cc(-c5cc(-c6ccc(-n7c(=O)cc[nH]c7=O)cc6)cc(-c6ccc(-n7c(=O)cc[nH]c7=O)cc6)c5)ccc3n4-c3ccccc3)c2)cc1. The van der Waals surface area contributed by atoms with E-state index in [9.17, 15) is 38.4 Å². The van der Waals surface area contributed by atoms with Crippen LogP contribution < -0.4 is 45.0 Å². The molecule has 5 heterocycles. The fourth-order valence-electron chi connectivity index (χ4n) is 11.4. The summed E-state index contributed by atoms with van der Waals surface area (Å²) in [5, 5.41) is 1.93. The van der Waals surface area contributed by atoms with Gasteiger partial charge in [-0.1, -0.05) is 78.9 Å². The van der Waals surface area contributed by atoms with Crippen LogP contribution in [0.3, 0.4) is 0 Å². The molecule has 14 rings (SSSR count). The third-order valence-corrected chi connectivity index (χ3v) is 15.6. The van der Waals surface area contributed by atoms with Crippen LogP contribution >= 0.6 is 0 Å². The molecule has 0 bridgehead atoms. The van der Waals surface area contributed by atoms with Crippen molar-refractivity contribution in [2.45, 2.75) is 0 Å². The molecule has 0 aliphatic rings. The zero-order valence-electron chi connectivity index (χ0n) is 45.7. The van der Waals surface area contributed by atoms with Gasteiger partial charge in [0.25, 0.3) is 22.2 Å². The van der Waals surface area contributed by atoms with Crippen LogP contribution in [-0.2, 0) is 0 Å². The Morgan fingerprint density at radius 1 is 0.207 bits per heavy atom. The number of nitrogens with one attached hydrogen (secondary N) is 4. The number of nitrogens with zero attached hydrogens (tertiary/aromatic N) is 5. The normalized spacial score (nSPS) is 11.4. The van der Waals surface area contributed by atoms with Gasteiger partial charge in [-0.2, -0.15) is 0 Å². The van der Waals surface area contributed by atoms with Crippen molar-refractivity contribution in [2.75, 3.05) is 0 Å². The first-order valence-corrected chi connectivity index (χ1v) is 27.5. The van der Waals surface area contributed by atoms with Crippen LogP contribution in [0.25, 0.3) is 117 Å². The van der Waals surface area contributed by atoms with E-state index < -0.39 is 45.0 Å². The summed E-state index contributed by atoms with van der Waals surface area (Å²) in [5.74, 6) is 0. The van der Waals surface area contributed by atoms with Gasteiger partial charge in [0.05, 0.1) is 33.8 Å². The van der Waals surface area contributed by atoms with Crippen LogP contribution in [0.5, 0.6) is 0 Å². The molecule has 0 radical (unpaired) electrons. The monoisotopic (exact) mass is 1140 g/mol. The smallest absolute Gasteiger partial charge is 0.314 e. The van der Waals surface area contributed by atoms with Crippen molar-refractivity contribution in [2.24, 2.45) is 0 Å². The fraction of sp³-hybridized carbons (Fsp3) is 0. The summed E-state index contributed by atoms with van der Waals surface area (Å²) in [6, 6.07) is 69.3. The Labute approximate surface area is 490 Å². The zero-order chi connectivity index (χ0) is 59.4. The molecular weight excluding hydrogens is 1090 g/mol. The summed E-state index contributed by atoms with van der Waals surface area (Å²) in [4.78, 5) is 113. The molecule has 0 spiro atoms.